The molecule has 1 saturated heterocycles. The minimum absolute atomic E-state index is 0.166. The van der Waals surface area contributed by atoms with Crippen LogP contribution in [0.1, 0.15) is 66.7 Å². The van der Waals surface area contributed by atoms with Crippen molar-refractivity contribution in [1.82, 2.24) is 15.2 Å². The summed E-state index contributed by atoms with van der Waals surface area (Å²) in [6, 6.07) is 4.45. The highest BCUT2D eigenvalue weighted by atomic mass is 16.2. The Morgan fingerprint density at radius 3 is 2.67 bits per heavy atom. The molecule has 21 heavy (non-hydrogen) atoms. The minimum Gasteiger partial charge on any atom is -0.337 e. The Morgan fingerprint density at radius 2 is 2.10 bits per heavy atom. The molecule has 1 saturated carbocycles. The second kappa shape index (κ2) is 5.76. The molecule has 4 nitrogen and oxygen atoms in total. The molecule has 1 aliphatic carbocycles. The standard InChI is InChI=1S/C17H25N3O/c1-11(2)15-8-13(9-16(19-15)12-4-5-12)17(21)20-7-6-14(10-20)18-3/h8-9,11-12,14,18H,4-7,10H2,1-3H3. The molecule has 1 aromatic rings. The molecular weight excluding hydrogens is 262 g/mol. The molecule has 114 valence electrons. The second-order valence-electron chi connectivity index (χ2n) is 6.66. The number of nitrogens with zero attached hydrogens (tertiary/aromatic N) is 2. The Morgan fingerprint density at radius 1 is 1.33 bits per heavy atom. The molecule has 1 amide bonds. The summed E-state index contributed by atoms with van der Waals surface area (Å²) in [7, 11) is 1.97. The Balaban J connectivity index is 1.85. The van der Waals surface area contributed by atoms with Crippen LogP contribution in [0.2, 0.25) is 0 Å². The van der Waals surface area contributed by atoms with Crippen LogP contribution in [0.5, 0.6) is 0 Å². The largest absolute Gasteiger partial charge is 0.337 e. The lowest BCUT2D eigenvalue weighted by molar-refractivity contribution is 0.0789. The summed E-state index contributed by atoms with van der Waals surface area (Å²) in [5.41, 5.74) is 2.99. The number of carbonyl (C=O) groups excluding carboxylic acids is 1. The van der Waals surface area contributed by atoms with E-state index in [4.69, 9.17) is 4.98 Å². The molecule has 0 radical (unpaired) electrons. The van der Waals surface area contributed by atoms with Crippen molar-refractivity contribution in [2.45, 2.75) is 51.0 Å². The van der Waals surface area contributed by atoms with Crippen molar-refractivity contribution in [3.63, 3.8) is 0 Å². The van der Waals surface area contributed by atoms with Crippen LogP contribution in [0.25, 0.3) is 0 Å². The van der Waals surface area contributed by atoms with Gasteiger partial charge in [-0.3, -0.25) is 9.78 Å². The van der Waals surface area contributed by atoms with E-state index in [0.717, 1.165) is 36.5 Å². The van der Waals surface area contributed by atoms with Crippen molar-refractivity contribution in [3.05, 3.63) is 29.1 Å². The van der Waals surface area contributed by atoms with E-state index in [1.807, 2.05) is 24.1 Å². The van der Waals surface area contributed by atoms with Crippen molar-refractivity contribution in [2.24, 2.45) is 0 Å². The van der Waals surface area contributed by atoms with Gasteiger partial charge in [-0.1, -0.05) is 13.8 Å². The second-order valence-corrected chi connectivity index (χ2v) is 6.66. The maximum absolute atomic E-state index is 12.7. The molecule has 4 heteroatoms. The van der Waals surface area contributed by atoms with E-state index in [2.05, 4.69) is 19.2 Å². The first-order valence-corrected chi connectivity index (χ1v) is 8.07. The number of likely N-dealkylation sites (N-methyl/N-ethyl adjacent to an activating group) is 1. The fourth-order valence-electron chi connectivity index (χ4n) is 2.94. The molecular formula is C17H25N3O. The van der Waals surface area contributed by atoms with Crippen LogP contribution in [0, 0.1) is 0 Å². The zero-order chi connectivity index (χ0) is 15.0. The fourth-order valence-corrected chi connectivity index (χ4v) is 2.94. The van der Waals surface area contributed by atoms with Crippen LogP contribution in [0.3, 0.4) is 0 Å². The van der Waals surface area contributed by atoms with E-state index in [1.165, 1.54) is 12.8 Å². The van der Waals surface area contributed by atoms with Crippen LogP contribution in [0.4, 0.5) is 0 Å². The third-order valence-electron chi connectivity index (χ3n) is 4.58. The van der Waals surface area contributed by atoms with Crippen molar-refractivity contribution >= 4 is 5.91 Å². The number of hydrogen-bond donors (Lipinski definition) is 1. The lowest BCUT2D eigenvalue weighted by Crippen LogP contribution is -2.33. The molecule has 1 aliphatic heterocycles. The summed E-state index contributed by atoms with van der Waals surface area (Å²) in [6.07, 6.45) is 3.47. The lowest BCUT2D eigenvalue weighted by Gasteiger charge is -2.18. The summed E-state index contributed by atoms with van der Waals surface area (Å²) in [5.74, 6) is 1.11. The predicted molar refractivity (Wildman–Crippen MR) is 83.7 cm³/mol. The monoisotopic (exact) mass is 287 g/mol. The number of pyridine rings is 1. The summed E-state index contributed by atoms with van der Waals surface area (Å²) >= 11 is 0. The molecule has 1 atom stereocenters. The number of carbonyl (C=O) groups is 1. The van der Waals surface area contributed by atoms with Gasteiger partial charge >= 0.3 is 0 Å². The van der Waals surface area contributed by atoms with Crippen molar-refractivity contribution in [1.29, 1.82) is 0 Å². The normalized spacial score (nSPS) is 22.1. The molecule has 1 N–H and O–H groups in total. The van der Waals surface area contributed by atoms with E-state index in [9.17, 15) is 4.79 Å². The van der Waals surface area contributed by atoms with Crippen molar-refractivity contribution in [2.75, 3.05) is 20.1 Å². The van der Waals surface area contributed by atoms with Gasteiger partial charge < -0.3 is 10.2 Å². The quantitative estimate of drug-likeness (QED) is 0.925. The van der Waals surface area contributed by atoms with E-state index in [-0.39, 0.29) is 5.91 Å². The Kier molecular flexibility index (Phi) is 3.98. The molecule has 2 heterocycles. The Labute approximate surface area is 126 Å². The average molecular weight is 287 g/mol. The minimum atomic E-state index is 0.166. The van der Waals surface area contributed by atoms with E-state index in [1.54, 1.807) is 0 Å². The Hall–Kier alpha value is -1.42. The van der Waals surface area contributed by atoms with Crippen molar-refractivity contribution in [3.8, 4) is 0 Å². The van der Waals surface area contributed by atoms with Gasteiger partial charge in [0.25, 0.3) is 5.91 Å². The van der Waals surface area contributed by atoms with Gasteiger partial charge in [0.15, 0.2) is 0 Å². The smallest absolute Gasteiger partial charge is 0.254 e. The highest BCUT2D eigenvalue weighted by molar-refractivity contribution is 5.94. The van der Waals surface area contributed by atoms with Gasteiger partial charge in [-0.2, -0.15) is 0 Å². The number of hydrogen-bond acceptors (Lipinski definition) is 3. The first-order chi connectivity index (χ1) is 10.1. The molecule has 3 rings (SSSR count). The highest BCUT2D eigenvalue weighted by Gasteiger charge is 2.29. The van der Waals surface area contributed by atoms with Crippen LogP contribution in [0.15, 0.2) is 12.1 Å². The van der Waals surface area contributed by atoms with Gasteiger partial charge in [0.05, 0.1) is 0 Å². The van der Waals surface area contributed by atoms with E-state index >= 15 is 0 Å². The van der Waals surface area contributed by atoms with Crippen LogP contribution >= 0.6 is 0 Å². The van der Waals surface area contributed by atoms with E-state index in [0.29, 0.717) is 17.9 Å². The number of rotatable bonds is 4. The maximum atomic E-state index is 12.7. The predicted octanol–water partition coefficient (Wildman–Crippen LogP) is 2.52. The fraction of sp³-hybridized carbons (Fsp3) is 0.647. The van der Waals surface area contributed by atoms with Gasteiger partial charge in [-0.05, 0) is 44.4 Å². The van der Waals surface area contributed by atoms with Crippen molar-refractivity contribution < 1.29 is 4.79 Å². The van der Waals surface area contributed by atoms with Gasteiger partial charge in [0.2, 0.25) is 0 Å². The molecule has 1 aromatic heterocycles. The zero-order valence-corrected chi connectivity index (χ0v) is 13.2. The molecule has 2 fully saturated rings. The third-order valence-corrected chi connectivity index (χ3v) is 4.58. The molecule has 1 unspecified atom stereocenters. The Bertz CT molecular complexity index is 517. The van der Waals surface area contributed by atoms with Gasteiger partial charge in [0.1, 0.15) is 0 Å². The SMILES string of the molecule is CNC1CCN(C(=O)c2cc(C(C)C)nc(C3CC3)c2)C1. The highest BCUT2D eigenvalue weighted by Crippen LogP contribution is 2.39. The number of amides is 1. The van der Waals surface area contributed by atoms with Crippen LogP contribution < -0.4 is 5.32 Å². The molecule has 0 bridgehead atoms. The van der Waals surface area contributed by atoms with Crippen LogP contribution in [-0.4, -0.2) is 42.0 Å². The summed E-state index contributed by atoms with van der Waals surface area (Å²) in [6.45, 7) is 5.94. The third kappa shape index (κ3) is 3.10. The first kappa shape index (κ1) is 14.5. The summed E-state index contributed by atoms with van der Waals surface area (Å²) < 4.78 is 0. The number of nitrogens with one attached hydrogen (secondary N) is 1. The number of likely N-dealkylation sites (tertiary alicyclic amines) is 1. The topological polar surface area (TPSA) is 45.2 Å². The zero-order valence-electron chi connectivity index (χ0n) is 13.2. The van der Waals surface area contributed by atoms with Gasteiger partial charge in [-0.15, -0.1) is 0 Å². The van der Waals surface area contributed by atoms with E-state index < -0.39 is 0 Å². The van der Waals surface area contributed by atoms with Crippen LogP contribution in [-0.2, 0) is 0 Å². The average Bonchev–Trinajstić information content (AvgIpc) is 3.23. The summed E-state index contributed by atoms with van der Waals surface area (Å²) in [5, 5.41) is 3.26. The first-order valence-electron chi connectivity index (χ1n) is 8.07. The number of aromatic nitrogens is 1. The lowest BCUT2D eigenvalue weighted by atomic mass is 10.0. The van der Waals surface area contributed by atoms with Gasteiger partial charge in [0, 0.05) is 42.0 Å². The van der Waals surface area contributed by atoms with Gasteiger partial charge in [-0.25, -0.2) is 0 Å². The molecule has 0 aromatic carbocycles. The maximum Gasteiger partial charge on any atom is 0.254 e. The molecule has 0 spiro atoms. The summed E-state index contributed by atoms with van der Waals surface area (Å²) in [4.78, 5) is 19.5. The molecule has 2 aliphatic rings.